The second-order valence-electron chi connectivity index (χ2n) is 5.79. The first-order valence-corrected chi connectivity index (χ1v) is 7.88. The summed E-state index contributed by atoms with van der Waals surface area (Å²) in [4.78, 5) is 12.1. The molecule has 0 unspecified atom stereocenters. The van der Waals surface area contributed by atoms with E-state index in [1.807, 2.05) is 13.8 Å². The van der Waals surface area contributed by atoms with Crippen LogP contribution in [0, 0.1) is 37.9 Å². The number of carbonyl (C=O) groups excluding carboxylic acids is 1. The highest BCUT2D eigenvalue weighted by atomic mass is 19.1. The third kappa shape index (κ3) is 4.19. The minimum absolute atomic E-state index is 0.165. The van der Waals surface area contributed by atoms with Gasteiger partial charge in [-0.15, -0.1) is 0 Å². The Hall–Kier alpha value is -2.68. The number of anilines is 1. The zero-order chi connectivity index (χ0) is 17.7. The first-order chi connectivity index (χ1) is 11.4. The second kappa shape index (κ2) is 7.73. The van der Waals surface area contributed by atoms with Crippen molar-refractivity contribution in [3.05, 3.63) is 46.5 Å². The fourth-order valence-electron chi connectivity index (χ4n) is 2.60. The van der Waals surface area contributed by atoms with Crippen LogP contribution in [0.2, 0.25) is 0 Å². The highest BCUT2D eigenvalue weighted by Gasteiger charge is 2.13. The standard InChI is InChI=1S/C18H21FN4O/c1-12-5-6-15(11-17(12)19)21-18(24)8-7-16-13(2)22-23(14(16)3)10-4-9-20/h5-6,11H,4,7-8,10H2,1-3H3,(H,21,24). The van der Waals surface area contributed by atoms with E-state index in [2.05, 4.69) is 16.5 Å². The van der Waals surface area contributed by atoms with Crippen LogP contribution in [-0.2, 0) is 17.8 Å². The van der Waals surface area contributed by atoms with Crippen molar-refractivity contribution >= 4 is 11.6 Å². The molecule has 24 heavy (non-hydrogen) atoms. The van der Waals surface area contributed by atoms with Gasteiger partial charge in [0.25, 0.3) is 0 Å². The fraction of sp³-hybridized carbons (Fsp3) is 0.389. The number of benzene rings is 1. The molecule has 0 aliphatic rings. The fourth-order valence-corrected chi connectivity index (χ4v) is 2.60. The Morgan fingerprint density at radius 1 is 1.38 bits per heavy atom. The van der Waals surface area contributed by atoms with E-state index in [0.29, 0.717) is 37.1 Å². The van der Waals surface area contributed by atoms with Crippen molar-refractivity contribution in [2.24, 2.45) is 0 Å². The van der Waals surface area contributed by atoms with Crippen molar-refractivity contribution in [1.82, 2.24) is 9.78 Å². The van der Waals surface area contributed by atoms with Crippen LogP contribution in [0.15, 0.2) is 18.2 Å². The molecule has 0 bridgehead atoms. The van der Waals surface area contributed by atoms with Gasteiger partial charge < -0.3 is 5.32 Å². The van der Waals surface area contributed by atoms with Gasteiger partial charge in [-0.1, -0.05) is 6.07 Å². The lowest BCUT2D eigenvalue weighted by atomic mass is 10.1. The molecule has 0 aliphatic carbocycles. The van der Waals surface area contributed by atoms with Gasteiger partial charge in [-0.25, -0.2) is 4.39 Å². The highest BCUT2D eigenvalue weighted by molar-refractivity contribution is 5.90. The van der Waals surface area contributed by atoms with Crippen molar-refractivity contribution in [3.8, 4) is 6.07 Å². The summed E-state index contributed by atoms with van der Waals surface area (Å²) < 4.78 is 15.3. The number of hydrogen-bond acceptors (Lipinski definition) is 3. The van der Waals surface area contributed by atoms with E-state index in [1.54, 1.807) is 23.7 Å². The largest absolute Gasteiger partial charge is 0.326 e. The van der Waals surface area contributed by atoms with Crippen molar-refractivity contribution in [2.75, 3.05) is 5.32 Å². The van der Waals surface area contributed by atoms with Crippen molar-refractivity contribution < 1.29 is 9.18 Å². The van der Waals surface area contributed by atoms with Gasteiger partial charge >= 0.3 is 0 Å². The maximum atomic E-state index is 13.5. The van der Waals surface area contributed by atoms with Crippen LogP contribution in [0.25, 0.3) is 0 Å². The number of carbonyl (C=O) groups is 1. The molecular weight excluding hydrogens is 307 g/mol. The lowest BCUT2D eigenvalue weighted by molar-refractivity contribution is -0.116. The normalized spacial score (nSPS) is 10.5. The van der Waals surface area contributed by atoms with Crippen LogP contribution >= 0.6 is 0 Å². The number of aromatic nitrogens is 2. The van der Waals surface area contributed by atoms with Crippen LogP contribution in [-0.4, -0.2) is 15.7 Å². The maximum Gasteiger partial charge on any atom is 0.224 e. The summed E-state index contributed by atoms with van der Waals surface area (Å²) in [5, 5.41) is 15.8. The Kier molecular flexibility index (Phi) is 5.69. The minimum atomic E-state index is -0.335. The Bertz CT molecular complexity index is 789. The number of halogens is 1. The van der Waals surface area contributed by atoms with E-state index < -0.39 is 0 Å². The molecular formula is C18H21FN4O. The molecule has 5 nitrogen and oxygen atoms in total. The molecule has 0 radical (unpaired) electrons. The average Bonchev–Trinajstić information content (AvgIpc) is 2.81. The Morgan fingerprint density at radius 2 is 2.12 bits per heavy atom. The van der Waals surface area contributed by atoms with Crippen LogP contribution in [0.1, 0.15) is 35.4 Å². The summed E-state index contributed by atoms with van der Waals surface area (Å²) in [5.41, 5.74) is 3.89. The smallest absolute Gasteiger partial charge is 0.224 e. The van der Waals surface area contributed by atoms with E-state index in [1.165, 1.54) is 6.07 Å². The highest BCUT2D eigenvalue weighted by Crippen LogP contribution is 2.17. The summed E-state index contributed by atoms with van der Waals surface area (Å²) in [6, 6.07) is 6.75. The minimum Gasteiger partial charge on any atom is -0.326 e. The summed E-state index contributed by atoms with van der Waals surface area (Å²) in [6.45, 7) is 6.08. The molecule has 0 aliphatic heterocycles. The maximum absolute atomic E-state index is 13.5. The zero-order valence-corrected chi connectivity index (χ0v) is 14.2. The molecule has 0 fully saturated rings. The number of nitrogens with one attached hydrogen (secondary N) is 1. The summed E-state index contributed by atoms with van der Waals surface area (Å²) in [5.74, 6) is -0.500. The van der Waals surface area contributed by atoms with Crippen LogP contribution < -0.4 is 5.32 Å². The molecule has 6 heteroatoms. The first-order valence-electron chi connectivity index (χ1n) is 7.88. The predicted molar refractivity (Wildman–Crippen MR) is 90.0 cm³/mol. The number of nitriles is 1. The van der Waals surface area contributed by atoms with Crippen molar-refractivity contribution in [3.63, 3.8) is 0 Å². The van der Waals surface area contributed by atoms with E-state index >= 15 is 0 Å². The molecule has 0 saturated heterocycles. The summed E-state index contributed by atoms with van der Waals surface area (Å²) in [6.07, 6.45) is 1.26. The van der Waals surface area contributed by atoms with E-state index in [-0.39, 0.29) is 11.7 Å². The quantitative estimate of drug-likeness (QED) is 0.883. The van der Waals surface area contributed by atoms with Gasteiger partial charge in [-0.05, 0) is 50.5 Å². The van der Waals surface area contributed by atoms with Gasteiger partial charge in [0.05, 0.1) is 24.7 Å². The lowest BCUT2D eigenvalue weighted by Gasteiger charge is -2.07. The predicted octanol–water partition coefficient (Wildman–Crippen LogP) is 3.43. The Balaban J connectivity index is 1.97. The van der Waals surface area contributed by atoms with E-state index in [0.717, 1.165) is 17.0 Å². The molecule has 1 aromatic carbocycles. The van der Waals surface area contributed by atoms with Crippen molar-refractivity contribution in [1.29, 1.82) is 5.26 Å². The molecule has 0 atom stereocenters. The number of amides is 1. The summed E-state index contributed by atoms with van der Waals surface area (Å²) >= 11 is 0. The molecule has 126 valence electrons. The molecule has 1 heterocycles. The number of nitrogens with zero attached hydrogens (tertiary/aromatic N) is 3. The van der Waals surface area contributed by atoms with Gasteiger partial charge in [0.1, 0.15) is 5.82 Å². The van der Waals surface area contributed by atoms with Gasteiger partial charge in [0.2, 0.25) is 5.91 Å². The van der Waals surface area contributed by atoms with Crippen LogP contribution in [0.4, 0.5) is 10.1 Å². The van der Waals surface area contributed by atoms with Gasteiger partial charge in [-0.2, -0.15) is 10.4 Å². The van der Waals surface area contributed by atoms with Gasteiger partial charge in [0, 0.05) is 17.8 Å². The van der Waals surface area contributed by atoms with E-state index in [4.69, 9.17) is 5.26 Å². The zero-order valence-electron chi connectivity index (χ0n) is 14.2. The topological polar surface area (TPSA) is 70.7 Å². The third-order valence-corrected chi connectivity index (χ3v) is 4.02. The third-order valence-electron chi connectivity index (χ3n) is 4.02. The second-order valence-corrected chi connectivity index (χ2v) is 5.79. The molecule has 0 saturated carbocycles. The number of hydrogen-bond donors (Lipinski definition) is 1. The summed E-state index contributed by atoms with van der Waals surface area (Å²) in [7, 11) is 0. The average molecular weight is 328 g/mol. The van der Waals surface area contributed by atoms with Crippen molar-refractivity contribution in [2.45, 2.75) is 46.6 Å². The molecule has 2 rings (SSSR count). The van der Waals surface area contributed by atoms with Crippen LogP contribution in [0.3, 0.4) is 0 Å². The lowest BCUT2D eigenvalue weighted by Crippen LogP contribution is -2.13. The SMILES string of the molecule is Cc1ccc(NC(=O)CCc2c(C)nn(CCC#N)c2C)cc1F. The first kappa shape index (κ1) is 17.7. The Labute approximate surface area is 141 Å². The number of aryl methyl sites for hydroxylation is 3. The van der Waals surface area contributed by atoms with E-state index in [9.17, 15) is 9.18 Å². The molecule has 0 spiro atoms. The molecule has 2 aromatic rings. The molecule has 1 N–H and O–H groups in total. The van der Waals surface area contributed by atoms with Gasteiger partial charge in [0.15, 0.2) is 0 Å². The monoisotopic (exact) mass is 328 g/mol. The van der Waals surface area contributed by atoms with Gasteiger partial charge in [-0.3, -0.25) is 9.48 Å². The number of rotatable bonds is 6. The van der Waals surface area contributed by atoms with Crippen LogP contribution in [0.5, 0.6) is 0 Å². The molecule has 1 amide bonds. The molecule has 1 aromatic heterocycles. The Morgan fingerprint density at radius 3 is 2.79 bits per heavy atom.